The number of carbonyl (C=O) groups is 2. The molecule has 1 atom stereocenters. The zero-order chi connectivity index (χ0) is 25.3. The molecule has 2 aromatic rings. The molecule has 0 saturated heterocycles. The fourth-order valence-electron chi connectivity index (χ4n) is 3.42. The number of methoxy groups -OCH3 is 1. The first-order valence-electron chi connectivity index (χ1n) is 11.0. The predicted octanol–water partition coefficient (Wildman–Crippen LogP) is 3.10. The Morgan fingerprint density at radius 3 is 2.41 bits per heavy atom. The van der Waals surface area contributed by atoms with E-state index in [-0.39, 0.29) is 23.9 Å². The number of nitrogens with one attached hydrogen (secondary N) is 1. The molecule has 0 heterocycles. The highest BCUT2D eigenvalue weighted by Gasteiger charge is 2.30. The van der Waals surface area contributed by atoms with Gasteiger partial charge < -0.3 is 15.0 Å². The minimum atomic E-state index is -3.88. The molecule has 1 unspecified atom stereocenters. The quantitative estimate of drug-likeness (QED) is 0.474. The molecule has 2 amide bonds. The molecule has 8 nitrogen and oxygen atoms in total. The van der Waals surface area contributed by atoms with E-state index in [2.05, 4.69) is 5.32 Å². The van der Waals surface area contributed by atoms with Crippen molar-refractivity contribution >= 4 is 39.1 Å². The second kappa shape index (κ2) is 12.6. The summed E-state index contributed by atoms with van der Waals surface area (Å²) < 4.78 is 31.6. The minimum Gasteiger partial charge on any atom is -0.495 e. The van der Waals surface area contributed by atoms with Crippen LogP contribution >= 0.6 is 11.6 Å². The van der Waals surface area contributed by atoms with E-state index in [4.69, 9.17) is 16.3 Å². The van der Waals surface area contributed by atoms with Crippen LogP contribution in [0.15, 0.2) is 48.5 Å². The molecule has 2 rings (SSSR count). The number of benzene rings is 2. The molecule has 10 heteroatoms. The fourth-order valence-corrected chi connectivity index (χ4v) is 4.43. The van der Waals surface area contributed by atoms with Crippen LogP contribution in [-0.4, -0.2) is 64.2 Å². The number of carbonyl (C=O) groups excluding carboxylic acids is 2. The number of nitrogens with zero attached hydrogens (tertiary/aromatic N) is 2. The Balaban J connectivity index is 2.36. The van der Waals surface area contributed by atoms with E-state index in [1.807, 2.05) is 37.3 Å². The summed E-state index contributed by atoms with van der Waals surface area (Å²) in [6, 6.07) is 13.3. The van der Waals surface area contributed by atoms with Gasteiger partial charge in [0.25, 0.3) is 0 Å². The van der Waals surface area contributed by atoms with E-state index < -0.39 is 28.5 Å². The Hall–Kier alpha value is -2.78. The Morgan fingerprint density at radius 1 is 1.15 bits per heavy atom. The third kappa shape index (κ3) is 7.63. The summed E-state index contributed by atoms with van der Waals surface area (Å²) in [5, 5.41) is 3.10. The molecule has 0 radical (unpaired) electrons. The highest BCUT2D eigenvalue weighted by molar-refractivity contribution is 7.92. The van der Waals surface area contributed by atoms with Crippen molar-refractivity contribution in [1.29, 1.82) is 0 Å². The van der Waals surface area contributed by atoms with Crippen molar-refractivity contribution in [1.82, 2.24) is 10.2 Å². The number of halogens is 1. The molecule has 0 fully saturated rings. The maximum absolute atomic E-state index is 13.5. The SMILES string of the molecule is CCCNC(=O)C(C)N(CCc1ccccc1)C(=O)CN(c1cc(Cl)ccc1OC)S(C)(=O)=O. The summed E-state index contributed by atoms with van der Waals surface area (Å²) >= 11 is 6.10. The number of sulfonamides is 1. The lowest BCUT2D eigenvalue weighted by Gasteiger charge is -2.31. The molecular formula is C24H32ClN3O5S. The predicted molar refractivity (Wildman–Crippen MR) is 135 cm³/mol. The number of anilines is 1. The maximum Gasteiger partial charge on any atom is 0.244 e. The number of hydrogen-bond donors (Lipinski definition) is 1. The van der Waals surface area contributed by atoms with Crippen LogP contribution in [0.2, 0.25) is 5.02 Å². The lowest BCUT2D eigenvalue weighted by molar-refractivity contribution is -0.138. The van der Waals surface area contributed by atoms with Crippen LogP contribution in [0.25, 0.3) is 0 Å². The molecular weight excluding hydrogens is 478 g/mol. The molecule has 0 aliphatic rings. The van der Waals surface area contributed by atoms with Crippen molar-refractivity contribution in [2.75, 3.05) is 37.3 Å². The molecule has 0 aliphatic carbocycles. The third-order valence-corrected chi connectivity index (χ3v) is 6.65. The highest BCUT2D eigenvalue weighted by Crippen LogP contribution is 2.32. The van der Waals surface area contributed by atoms with E-state index in [9.17, 15) is 18.0 Å². The molecule has 0 saturated carbocycles. The molecule has 34 heavy (non-hydrogen) atoms. The van der Waals surface area contributed by atoms with Crippen LogP contribution in [0.5, 0.6) is 5.75 Å². The number of hydrogen-bond acceptors (Lipinski definition) is 5. The zero-order valence-corrected chi connectivity index (χ0v) is 21.5. The molecule has 0 spiro atoms. The van der Waals surface area contributed by atoms with Gasteiger partial charge in [0.1, 0.15) is 18.3 Å². The monoisotopic (exact) mass is 509 g/mol. The van der Waals surface area contributed by atoms with Gasteiger partial charge in [-0.15, -0.1) is 0 Å². The van der Waals surface area contributed by atoms with Crippen LogP contribution in [0.1, 0.15) is 25.8 Å². The Bertz CT molecular complexity index is 1080. The van der Waals surface area contributed by atoms with Crippen LogP contribution in [0, 0.1) is 0 Å². The van der Waals surface area contributed by atoms with Crippen LogP contribution in [0.4, 0.5) is 5.69 Å². The lowest BCUT2D eigenvalue weighted by Crippen LogP contribution is -2.52. The van der Waals surface area contributed by atoms with Crippen molar-refractivity contribution in [3.05, 3.63) is 59.1 Å². The Kier molecular flexibility index (Phi) is 10.2. The summed E-state index contributed by atoms with van der Waals surface area (Å²) in [6.07, 6.45) is 2.27. The van der Waals surface area contributed by atoms with Gasteiger partial charge in [-0.3, -0.25) is 13.9 Å². The van der Waals surface area contributed by atoms with Gasteiger partial charge in [0.15, 0.2) is 0 Å². The summed E-state index contributed by atoms with van der Waals surface area (Å²) in [5.74, 6) is -0.552. The standard InChI is InChI=1S/C24H32ClN3O5S/c1-5-14-26-24(30)18(2)27(15-13-19-9-7-6-8-10-19)23(29)17-28(34(4,31)32)21-16-20(25)11-12-22(21)33-3/h6-12,16,18H,5,13-15,17H2,1-4H3,(H,26,30). The first-order valence-corrected chi connectivity index (χ1v) is 13.2. The van der Waals surface area contributed by atoms with E-state index >= 15 is 0 Å². The molecule has 0 aromatic heterocycles. The zero-order valence-electron chi connectivity index (χ0n) is 20.0. The number of amides is 2. The first kappa shape index (κ1) is 27.5. The summed E-state index contributed by atoms with van der Waals surface area (Å²) in [6.45, 7) is 3.80. The first-order chi connectivity index (χ1) is 16.1. The topological polar surface area (TPSA) is 96.0 Å². The summed E-state index contributed by atoms with van der Waals surface area (Å²) in [7, 11) is -2.47. The Labute approximate surface area is 206 Å². The lowest BCUT2D eigenvalue weighted by atomic mass is 10.1. The number of rotatable bonds is 12. The van der Waals surface area contributed by atoms with E-state index in [0.717, 1.165) is 22.5 Å². The second-order valence-electron chi connectivity index (χ2n) is 7.88. The van der Waals surface area contributed by atoms with E-state index in [1.165, 1.54) is 24.1 Å². The van der Waals surface area contributed by atoms with Crippen molar-refractivity contribution in [3.63, 3.8) is 0 Å². The van der Waals surface area contributed by atoms with Crippen molar-refractivity contribution in [3.8, 4) is 5.75 Å². The van der Waals surface area contributed by atoms with Gasteiger partial charge >= 0.3 is 0 Å². The fraction of sp³-hybridized carbons (Fsp3) is 0.417. The van der Waals surface area contributed by atoms with Crippen LogP contribution in [-0.2, 0) is 26.0 Å². The van der Waals surface area contributed by atoms with Gasteiger partial charge in [-0.2, -0.15) is 0 Å². The minimum absolute atomic E-state index is 0.150. The molecule has 1 N–H and O–H groups in total. The summed E-state index contributed by atoms with van der Waals surface area (Å²) in [4.78, 5) is 27.6. The van der Waals surface area contributed by atoms with Gasteiger partial charge in [0.05, 0.1) is 19.1 Å². The van der Waals surface area contributed by atoms with Gasteiger partial charge in [-0.05, 0) is 43.5 Å². The Morgan fingerprint density at radius 2 is 1.82 bits per heavy atom. The van der Waals surface area contributed by atoms with Gasteiger partial charge in [-0.1, -0.05) is 48.9 Å². The second-order valence-corrected chi connectivity index (χ2v) is 10.2. The van der Waals surface area contributed by atoms with Crippen molar-refractivity contribution in [2.45, 2.75) is 32.7 Å². The van der Waals surface area contributed by atoms with Crippen molar-refractivity contribution in [2.24, 2.45) is 0 Å². The average molecular weight is 510 g/mol. The van der Waals surface area contributed by atoms with Crippen molar-refractivity contribution < 1.29 is 22.7 Å². The van der Waals surface area contributed by atoms with Gasteiger partial charge in [0.2, 0.25) is 21.8 Å². The molecule has 0 aliphatic heterocycles. The van der Waals surface area contributed by atoms with Crippen LogP contribution in [0.3, 0.4) is 0 Å². The third-order valence-electron chi connectivity index (χ3n) is 5.29. The molecule has 186 valence electrons. The van der Waals surface area contributed by atoms with Gasteiger partial charge in [0, 0.05) is 18.1 Å². The highest BCUT2D eigenvalue weighted by atomic mass is 35.5. The van der Waals surface area contributed by atoms with Crippen LogP contribution < -0.4 is 14.4 Å². The largest absolute Gasteiger partial charge is 0.495 e. The van der Waals surface area contributed by atoms with E-state index in [1.54, 1.807) is 13.0 Å². The van der Waals surface area contributed by atoms with E-state index in [0.29, 0.717) is 18.0 Å². The average Bonchev–Trinajstić information content (AvgIpc) is 2.80. The number of ether oxygens (including phenoxy) is 1. The molecule has 0 bridgehead atoms. The van der Waals surface area contributed by atoms with Gasteiger partial charge in [-0.25, -0.2) is 8.42 Å². The summed E-state index contributed by atoms with van der Waals surface area (Å²) in [5.41, 5.74) is 1.15. The molecule has 2 aromatic carbocycles. The normalized spacial score (nSPS) is 12.0. The smallest absolute Gasteiger partial charge is 0.244 e. The maximum atomic E-state index is 13.5.